The molecule has 0 aliphatic rings. The van der Waals surface area contributed by atoms with E-state index in [1.54, 1.807) is 0 Å². The SMILES string of the molecule is CCCCCCCCCCCCCC[n+]1cccc(OCC(CO)(CO)COc2ccc[n+](CCCCCCCCCCCCCC)c2)c1.[Br-].[Br-]. The van der Waals surface area contributed by atoms with Gasteiger partial charge in [-0.15, -0.1) is 0 Å². The zero-order valence-corrected chi connectivity index (χ0v) is 35.9. The minimum absolute atomic E-state index is 0. The number of aliphatic hydroxyl groups excluding tert-OH is 2. The van der Waals surface area contributed by atoms with Gasteiger partial charge in [0, 0.05) is 25.0 Å². The van der Waals surface area contributed by atoms with Crippen molar-refractivity contribution in [3.63, 3.8) is 0 Å². The Labute approximate surface area is 334 Å². The second-order valence-electron chi connectivity index (χ2n) is 14.7. The van der Waals surface area contributed by atoms with Gasteiger partial charge < -0.3 is 53.6 Å². The summed E-state index contributed by atoms with van der Waals surface area (Å²) < 4.78 is 16.6. The molecule has 0 saturated carbocycles. The molecule has 0 unspecified atom stereocenters. The Morgan fingerprint density at radius 1 is 0.471 bits per heavy atom. The first-order valence-electron chi connectivity index (χ1n) is 20.6. The second kappa shape index (κ2) is 34.5. The number of aromatic nitrogens is 2. The van der Waals surface area contributed by atoms with Crippen molar-refractivity contribution in [1.29, 1.82) is 0 Å². The lowest BCUT2D eigenvalue weighted by atomic mass is 9.92. The van der Waals surface area contributed by atoms with Gasteiger partial charge >= 0.3 is 0 Å². The molecule has 0 aliphatic heterocycles. The van der Waals surface area contributed by atoms with Crippen molar-refractivity contribution in [3.8, 4) is 11.5 Å². The van der Waals surface area contributed by atoms with Crippen LogP contribution in [0.2, 0.25) is 0 Å². The lowest BCUT2D eigenvalue weighted by Gasteiger charge is -2.29. The third-order valence-corrected chi connectivity index (χ3v) is 9.96. The number of rotatable bonds is 34. The molecule has 8 heteroatoms. The number of ether oxygens (including phenoxy) is 2. The summed E-state index contributed by atoms with van der Waals surface area (Å²) in [5.74, 6) is 1.49. The minimum Gasteiger partial charge on any atom is -1.00 e. The van der Waals surface area contributed by atoms with Gasteiger partial charge in [0.25, 0.3) is 0 Å². The van der Waals surface area contributed by atoms with Gasteiger partial charge in [-0.1, -0.05) is 142 Å². The molecule has 0 aromatic carbocycles. The van der Waals surface area contributed by atoms with Gasteiger partial charge in [0.15, 0.2) is 23.9 Å². The molecule has 0 atom stereocenters. The van der Waals surface area contributed by atoms with Crippen molar-refractivity contribution >= 4 is 0 Å². The molecule has 2 heterocycles. The van der Waals surface area contributed by atoms with Crippen LogP contribution in [0.5, 0.6) is 11.5 Å². The second-order valence-corrected chi connectivity index (χ2v) is 14.7. The number of hydrogen-bond acceptors (Lipinski definition) is 4. The average Bonchev–Trinajstić information content (AvgIpc) is 3.13. The molecular weight excluding hydrogens is 768 g/mol. The topological polar surface area (TPSA) is 66.7 Å². The van der Waals surface area contributed by atoms with Crippen molar-refractivity contribution in [3.05, 3.63) is 49.1 Å². The average molecular weight is 845 g/mol. The molecule has 0 radical (unpaired) electrons. The van der Waals surface area contributed by atoms with Gasteiger partial charge in [-0.3, -0.25) is 0 Å². The Balaban J connectivity index is 0.0000125. The van der Waals surface area contributed by atoms with Crippen molar-refractivity contribution in [1.82, 2.24) is 0 Å². The Kier molecular flexibility index (Phi) is 33.7. The summed E-state index contributed by atoms with van der Waals surface area (Å²) in [7, 11) is 0. The molecule has 0 fully saturated rings. The van der Waals surface area contributed by atoms with E-state index in [-0.39, 0.29) is 60.4 Å². The summed E-state index contributed by atoms with van der Waals surface area (Å²) in [6.07, 6.45) is 40.6. The fourth-order valence-electron chi connectivity index (χ4n) is 6.46. The molecule has 6 nitrogen and oxygen atoms in total. The summed E-state index contributed by atoms with van der Waals surface area (Å²) in [6, 6.07) is 7.89. The van der Waals surface area contributed by atoms with E-state index < -0.39 is 5.41 Å². The maximum atomic E-state index is 10.3. The highest BCUT2D eigenvalue weighted by atomic mass is 79.9. The molecule has 296 valence electrons. The van der Waals surface area contributed by atoms with Crippen LogP contribution in [0.3, 0.4) is 0 Å². The van der Waals surface area contributed by atoms with Crippen LogP contribution in [0.1, 0.15) is 168 Å². The third kappa shape index (κ3) is 25.4. The number of hydrogen-bond donors (Lipinski definition) is 2. The maximum absolute atomic E-state index is 10.3. The highest BCUT2D eigenvalue weighted by molar-refractivity contribution is 5.14. The molecule has 2 N–H and O–H groups in total. The maximum Gasteiger partial charge on any atom is 0.211 e. The van der Waals surface area contributed by atoms with E-state index in [0.717, 1.165) is 37.4 Å². The molecular formula is C43H76Br2N2O4. The molecule has 0 saturated heterocycles. The van der Waals surface area contributed by atoms with Gasteiger partial charge in [-0.2, -0.15) is 0 Å². The fraction of sp³-hybridized carbons (Fsp3) is 0.767. The number of aryl methyl sites for hydroxylation is 2. The molecule has 0 bridgehead atoms. The number of nitrogens with zero attached hydrogens (tertiary/aromatic N) is 2. The molecule has 51 heavy (non-hydrogen) atoms. The Bertz CT molecular complexity index is 963. The van der Waals surface area contributed by atoms with E-state index in [0.29, 0.717) is 0 Å². The van der Waals surface area contributed by atoms with Crippen LogP contribution in [0.25, 0.3) is 0 Å². The van der Waals surface area contributed by atoms with Crippen LogP contribution >= 0.6 is 0 Å². The van der Waals surface area contributed by atoms with Crippen LogP contribution < -0.4 is 52.6 Å². The first-order valence-corrected chi connectivity index (χ1v) is 20.6. The van der Waals surface area contributed by atoms with Crippen LogP contribution in [-0.4, -0.2) is 36.6 Å². The zero-order chi connectivity index (χ0) is 35.1. The van der Waals surface area contributed by atoms with E-state index in [9.17, 15) is 10.2 Å². The summed E-state index contributed by atoms with van der Waals surface area (Å²) in [5, 5.41) is 20.5. The predicted octanol–water partition coefficient (Wildman–Crippen LogP) is 4.10. The van der Waals surface area contributed by atoms with Gasteiger partial charge in [-0.25, -0.2) is 9.13 Å². The molecule has 0 aliphatic carbocycles. The van der Waals surface area contributed by atoms with Gasteiger partial charge in [0.2, 0.25) is 12.4 Å². The fourth-order valence-corrected chi connectivity index (χ4v) is 6.46. The van der Waals surface area contributed by atoms with Crippen molar-refractivity contribution in [2.24, 2.45) is 5.41 Å². The highest BCUT2D eigenvalue weighted by Crippen LogP contribution is 2.21. The third-order valence-electron chi connectivity index (χ3n) is 9.96. The van der Waals surface area contributed by atoms with E-state index >= 15 is 0 Å². The molecule has 0 spiro atoms. The zero-order valence-electron chi connectivity index (χ0n) is 32.7. The summed E-state index contributed by atoms with van der Waals surface area (Å²) in [5.41, 5.74) is -0.896. The summed E-state index contributed by atoms with van der Waals surface area (Å²) >= 11 is 0. The lowest BCUT2D eigenvalue weighted by Crippen LogP contribution is -3.00. The molecule has 2 aromatic heterocycles. The number of unbranched alkanes of at least 4 members (excludes halogenated alkanes) is 22. The number of halogens is 2. The first-order chi connectivity index (χ1) is 24.1. The first kappa shape index (κ1) is 49.8. The number of pyridine rings is 2. The van der Waals surface area contributed by atoms with E-state index in [1.807, 2.05) is 36.7 Å². The van der Waals surface area contributed by atoms with Crippen LogP contribution in [-0.2, 0) is 13.1 Å². The van der Waals surface area contributed by atoms with Crippen molar-refractivity contribution < 1.29 is 62.8 Å². The smallest absolute Gasteiger partial charge is 0.211 e. The lowest BCUT2D eigenvalue weighted by molar-refractivity contribution is -0.697. The van der Waals surface area contributed by atoms with Crippen LogP contribution in [0.15, 0.2) is 49.1 Å². The highest BCUT2D eigenvalue weighted by Gasteiger charge is 2.32. The molecule has 0 amide bonds. The Morgan fingerprint density at radius 3 is 1.06 bits per heavy atom. The molecule has 2 aromatic rings. The van der Waals surface area contributed by atoms with Gasteiger partial charge in [-0.05, 0) is 25.0 Å². The Hall–Kier alpha value is -1.22. The van der Waals surface area contributed by atoms with Gasteiger partial charge in [0.1, 0.15) is 26.3 Å². The summed E-state index contributed by atoms with van der Waals surface area (Å²) in [4.78, 5) is 0. The summed E-state index contributed by atoms with van der Waals surface area (Å²) in [6.45, 7) is 6.40. The van der Waals surface area contributed by atoms with Crippen LogP contribution in [0, 0.1) is 5.41 Å². The normalized spacial score (nSPS) is 11.2. The number of aliphatic hydroxyl groups is 2. The quantitative estimate of drug-likeness (QED) is 0.0824. The van der Waals surface area contributed by atoms with E-state index in [4.69, 9.17) is 9.47 Å². The standard InChI is InChI=1S/C43H76N2O4.2BrH/c1-3-5-7-9-11-13-15-17-19-21-23-25-31-44-33-27-29-41(35-44)48-39-43(37-46,38-47)40-49-42-30-28-34-45(36-42)32-26-24-22-20-18-16-14-12-10-8-6-4-2;;/h27-30,33-36,46-47H,3-26,31-32,37-40H2,1-2H3;2*1H/q+2;;/p-2. The predicted molar refractivity (Wildman–Crippen MR) is 203 cm³/mol. The van der Waals surface area contributed by atoms with Crippen molar-refractivity contribution in [2.45, 2.75) is 181 Å². The Morgan fingerprint density at radius 2 is 0.765 bits per heavy atom. The van der Waals surface area contributed by atoms with E-state index in [1.165, 1.54) is 141 Å². The monoisotopic (exact) mass is 842 g/mol. The minimum atomic E-state index is -0.896. The van der Waals surface area contributed by atoms with Gasteiger partial charge in [0.05, 0.1) is 18.6 Å². The van der Waals surface area contributed by atoms with Crippen LogP contribution in [0.4, 0.5) is 0 Å². The van der Waals surface area contributed by atoms with Crippen molar-refractivity contribution in [2.75, 3.05) is 26.4 Å². The molecule has 2 rings (SSSR count). The largest absolute Gasteiger partial charge is 1.00 e. The van der Waals surface area contributed by atoms with E-state index in [2.05, 4.69) is 35.4 Å².